The van der Waals surface area contributed by atoms with Crippen molar-refractivity contribution in [2.45, 2.75) is 85.5 Å². The number of fused-ring (bicyclic) bond motifs is 2. The summed E-state index contributed by atoms with van der Waals surface area (Å²) in [7, 11) is 0. The molecule has 4 rings (SSSR count). The van der Waals surface area contributed by atoms with E-state index in [1.165, 1.54) is 32.9 Å². The molecule has 0 amide bonds. The predicted molar refractivity (Wildman–Crippen MR) is 140 cm³/mol. The van der Waals surface area contributed by atoms with Gasteiger partial charge in [-0.25, -0.2) is 4.79 Å². The molecule has 1 aromatic carbocycles. The molecule has 4 atom stereocenters. The van der Waals surface area contributed by atoms with Crippen molar-refractivity contribution in [3.05, 3.63) is 33.4 Å². The molecule has 1 aromatic rings. The molecule has 0 radical (unpaired) electrons. The fourth-order valence-electron chi connectivity index (χ4n) is 5.58. The molecule has 3 saturated carbocycles. The molecule has 0 spiro atoms. The highest BCUT2D eigenvalue weighted by Gasteiger charge is 2.59. The van der Waals surface area contributed by atoms with Gasteiger partial charge in [0.15, 0.2) is 0 Å². The van der Waals surface area contributed by atoms with E-state index in [2.05, 4.69) is 4.84 Å². The lowest BCUT2D eigenvalue weighted by Crippen LogP contribution is -2.56. The smallest absolute Gasteiger partial charge is 0.508 e. The van der Waals surface area contributed by atoms with E-state index in [0.29, 0.717) is 6.42 Å². The van der Waals surface area contributed by atoms with Crippen LogP contribution in [0.25, 0.3) is 0 Å². The summed E-state index contributed by atoms with van der Waals surface area (Å²) in [6.07, 6.45) is -2.10. The molecule has 3 aliphatic rings. The van der Waals surface area contributed by atoms with Gasteiger partial charge in [-0.1, -0.05) is 27.7 Å². The highest BCUT2D eigenvalue weighted by Crippen LogP contribution is 2.64. The minimum absolute atomic E-state index is 0.0265. The summed E-state index contributed by atoms with van der Waals surface area (Å²) in [5.74, 6) is -2.67. The van der Waals surface area contributed by atoms with Crippen LogP contribution >= 0.6 is 0 Å². The van der Waals surface area contributed by atoms with Gasteiger partial charge in [0.1, 0.15) is 29.5 Å². The third-order valence-corrected chi connectivity index (χ3v) is 7.91. The average molecular weight is 580 g/mol. The Morgan fingerprint density at radius 1 is 1.17 bits per heavy atom. The Morgan fingerprint density at radius 2 is 1.83 bits per heavy atom. The molecule has 0 aromatic heterocycles. The standard InChI is InChI=1S/C28H37NO12/c1-14(2)25(33)38-15(3)39-26(34)40-22-11-16(28(6,7)41-23(32)8-9-37-29(35)36)10-21(31)24(22)17-12-20(30)19-13-18(17)27(19,4)5/h10-11,14-15,17-19,31H,8-9,12-13H2,1-7H3/t15?,17-,18+,19-/m1/s1. The minimum Gasteiger partial charge on any atom is -0.508 e. The van der Waals surface area contributed by atoms with E-state index in [1.54, 1.807) is 13.8 Å². The van der Waals surface area contributed by atoms with Crippen LogP contribution in [-0.4, -0.2) is 47.0 Å². The number of carbonyl (C=O) groups excluding carboxylic acids is 4. The molecular weight excluding hydrogens is 542 g/mol. The lowest BCUT2D eigenvalue weighted by molar-refractivity contribution is -0.757. The van der Waals surface area contributed by atoms with E-state index in [4.69, 9.17) is 18.9 Å². The van der Waals surface area contributed by atoms with Crippen molar-refractivity contribution in [3.63, 3.8) is 0 Å². The summed E-state index contributed by atoms with van der Waals surface area (Å²) in [4.78, 5) is 64.4. The van der Waals surface area contributed by atoms with Crippen molar-refractivity contribution in [1.82, 2.24) is 0 Å². The van der Waals surface area contributed by atoms with E-state index >= 15 is 0 Å². The first-order valence-corrected chi connectivity index (χ1v) is 13.4. The first-order chi connectivity index (χ1) is 18.9. The van der Waals surface area contributed by atoms with Crippen LogP contribution in [0.3, 0.4) is 0 Å². The van der Waals surface area contributed by atoms with E-state index in [0.717, 1.165) is 0 Å². The summed E-state index contributed by atoms with van der Waals surface area (Å²) in [6.45, 7) is 11.1. The molecule has 0 saturated heterocycles. The second kappa shape index (κ2) is 11.9. The van der Waals surface area contributed by atoms with E-state index in [1.807, 2.05) is 13.8 Å². The van der Waals surface area contributed by atoms with Gasteiger partial charge in [-0.05, 0) is 43.7 Å². The van der Waals surface area contributed by atoms with E-state index in [9.17, 15) is 34.4 Å². The second-order valence-corrected chi connectivity index (χ2v) is 11.8. The number of carbonyl (C=O) groups is 4. The van der Waals surface area contributed by atoms with Crippen molar-refractivity contribution in [3.8, 4) is 11.5 Å². The molecule has 3 fully saturated rings. The predicted octanol–water partition coefficient (Wildman–Crippen LogP) is 4.55. The van der Waals surface area contributed by atoms with E-state index < -0.39 is 59.9 Å². The maximum atomic E-state index is 12.9. The van der Waals surface area contributed by atoms with Gasteiger partial charge in [0, 0.05) is 36.3 Å². The Morgan fingerprint density at radius 3 is 2.39 bits per heavy atom. The molecule has 13 nitrogen and oxygen atoms in total. The Labute approximate surface area is 237 Å². The Hall–Kier alpha value is -3.90. The molecule has 0 aliphatic heterocycles. The zero-order valence-electron chi connectivity index (χ0n) is 24.3. The van der Waals surface area contributed by atoms with Gasteiger partial charge in [0.25, 0.3) is 5.09 Å². The number of nitrogens with zero attached hydrogens (tertiary/aromatic N) is 1. The number of phenols is 1. The molecule has 3 aliphatic carbocycles. The molecule has 13 heteroatoms. The van der Waals surface area contributed by atoms with Crippen molar-refractivity contribution >= 4 is 23.9 Å². The largest absolute Gasteiger partial charge is 0.516 e. The summed E-state index contributed by atoms with van der Waals surface area (Å²) in [6, 6.07) is 2.77. The SMILES string of the molecule is CC(OC(=O)Oc1cc(C(C)(C)OC(=O)CCO[N+](=O)[O-])cc(O)c1[C@@H]1CC(=O)[C@H]2C[C@@H]1C2(C)C)OC(=O)C(C)C. The number of ketones is 1. The minimum atomic E-state index is -1.38. The summed E-state index contributed by atoms with van der Waals surface area (Å²) < 4.78 is 21.2. The maximum absolute atomic E-state index is 12.9. The highest BCUT2D eigenvalue weighted by atomic mass is 16.9. The molecule has 41 heavy (non-hydrogen) atoms. The average Bonchev–Trinajstić information content (AvgIpc) is 2.82. The Bertz CT molecular complexity index is 1220. The van der Waals surface area contributed by atoms with Crippen LogP contribution in [0, 0.1) is 33.3 Å². The molecule has 2 bridgehead atoms. The zero-order valence-corrected chi connectivity index (χ0v) is 24.3. The fourth-order valence-corrected chi connectivity index (χ4v) is 5.58. The molecule has 0 heterocycles. The lowest BCUT2D eigenvalue weighted by atomic mass is 9.44. The Kier molecular flexibility index (Phi) is 9.19. The van der Waals surface area contributed by atoms with Gasteiger partial charge in [-0.15, -0.1) is 10.1 Å². The van der Waals surface area contributed by atoms with Gasteiger partial charge >= 0.3 is 18.1 Å². The first-order valence-electron chi connectivity index (χ1n) is 13.4. The van der Waals surface area contributed by atoms with Gasteiger partial charge in [0.05, 0.1) is 12.3 Å². The zero-order chi connectivity index (χ0) is 30.9. The maximum Gasteiger partial charge on any atom is 0.516 e. The number of Topliss-reactive ketones (excluding diaryl/α,β-unsaturated/α-hetero) is 1. The van der Waals surface area contributed by atoms with Crippen LogP contribution in [0.15, 0.2) is 12.1 Å². The number of esters is 2. The quantitative estimate of drug-likeness (QED) is 0.127. The number of phenolic OH excluding ortho intramolecular Hbond substituents is 1. The van der Waals surface area contributed by atoms with Crippen LogP contribution in [0.4, 0.5) is 4.79 Å². The summed E-state index contributed by atoms with van der Waals surface area (Å²) in [5.41, 5.74) is -1.23. The van der Waals surface area contributed by atoms with Crippen molar-refractivity contribution < 1.29 is 53.2 Å². The summed E-state index contributed by atoms with van der Waals surface area (Å²) in [5, 5.41) is 20.6. The third-order valence-electron chi connectivity index (χ3n) is 7.91. The Balaban J connectivity index is 1.93. The topological polar surface area (TPSA) is 178 Å². The van der Waals surface area contributed by atoms with Crippen LogP contribution in [-0.2, 0) is 39.0 Å². The van der Waals surface area contributed by atoms with Crippen molar-refractivity contribution in [1.29, 1.82) is 0 Å². The highest BCUT2D eigenvalue weighted by molar-refractivity contribution is 5.86. The number of hydrogen-bond donors (Lipinski definition) is 1. The molecule has 226 valence electrons. The van der Waals surface area contributed by atoms with Crippen molar-refractivity contribution in [2.24, 2.45) is 23.2 Å². The van der Waals surface area contributed by atoms with Crippen LogP contribution in [0.2, 0.25) is 0 Å². The van der Waals surface area contributed by atoms with Gasteiger partial charge < -0.3 is 28.9 Å². The van der Waals surface area contributed by atoms with Crippen LogP contribution < -0.4 is 4.74 Å². The fraction of sp³-hybridized carbons (Fsp3) is 0.643. The number of rotatable bonds is 11. The number of aromatic hydroxyl groups is 1. The monoisotopic (exact) mass is 579 g/mol. The third kappa shape index (κ3) is 7.06. The van der Waals surface area contributed by atoms with Gasteiger partial charge in [-0.2, -0.15) is 0 Å². The van der Waals surface area contributed by atoms with Gasteiger partial charge in [0.2, 0.25) is 6.29 Å². The van der Waals surface area contributed by atoms with Crippen LogP contribution in [0.5, 0.6) is 11.5 Å². The van der Waals surface area contributed by atoms with E-state index in [-0.39, 0.29) is 52.1 Å². The second-order valence-electron chi connectivity index (χ2n) is 11.8. The lowest BCUT2D eigenvalue weighted by Gasteiger charge is -2.59. The molecular formula is C28H37NO12. The summed E-state index contributed by atoms with van der Waals surface area (Å²) >= 11 is 0. The molecule has 1 unspecified atom stereocenters. The number of ether oxygens (including phenoxy) is 4. The molecule has 1 N–H and O–H groups in total. The van der Waals surface area contributed by atoms with Crippen molar-refractivity contribution in [2.75, 3.05) is 6.61 Å². The first kappa shape index (κ1) is 31.6. The normalized spacial score (nSPS) is 21.8. The number of hydrogen-bond acceptors (Lipinski definition) is 12. The van der Waals surface area contributed by atoms with Gasteiger partial charge in [-0.3, -0.25) is 14.4 Å². The van der Waals surface area contributed by atoms with Crippen LogP contribution in [0.1, 0.15) is 84.8 Å². The number of benzene rings is 1.